The third kappa shape index (κ3) is 1.83. The van der Waals surface area contributed by atoms with Crippen molar-refractivity contribution >= 4 is 15.9 Å². The van der Waals surface area contributed by atoms with Gasteiger partial charge in [-0.05, 0) is 46.8 Å². The molecule has 0 radical (unpaired) electrons. The molecule has 82 valence electrons. The molecule has 1 aromatic carbocycles. The third-order valence-corrected chi connectivity index (χ3v) is 4.08. The van der Waals surface area contributed by atoms with Crippen molar-refractivity contribution in [2.45, 2.75) is 38.1 Å². The zero-order valence-electron chi connectivity index (χ0n) is 8.82. The first-order valence-corrected chi connectivity index (χ1v) is 6.08. The van der Waals surface area contributed by atoms with Crippen LogP contribution in [0.5, 0.6) is 0 Å². The second-order valence-corrected chi connectivity index (χ2v) is 5.21. The molecular formula is C12H15BrFN. The molecule has 15 heavy (non-hydrogen) atoms. The summed E-state index contributed by atoms with van der Waals surface area (Å²) in [5.41, 5.74) is 7.56. The van der Waals surface area contributed by atoms with Crippen LogP contribution in [0.4, 0.5) is 4.39 Å². The van der Waals surface area contributed by atoms with Gasteiger partial charge in [-0.2, -0.15) is 0 Å². The van der Waals surface area contributed by atoms with Crippen LogP contribution < -0.4 is 5.73 Å². The van der Waals surface area contributed by atoms with E-state index in [1.54, 1.807) is 6.92 Å². The average Bonchev–Trinajstić information content (AvgIpc) is 2.62. The second-order valence-electron chi connectivity index (χ2n) is 4.42. The van der Waals surface area contributed by atoms with Crippen LogP contribution in [0.2, 0.25) is 0 Å². The van der Waals surface area contributed by atoms with Crippen molar-refractivity contribution in [2.75, 3.05) is 0 Å². The van der Waals surface area contributed by atoms with E-state index in [1.165, 1.54) is 0 Å². The lowest BCUT2D eigenvalue weighted by molar-refractivity contribution is 0.454. The fourth-order valence-corrected chi connectivity index (χ4v) is 3.15. The summed E-state index contributed by atoms with van der Waals surface area (Å²) in [6.07, 6.45) is 4.18. The number of halogens is 2. The van der Waals surface area contributed by atoms with Gasteiger partial charge in [0.05, 0.1) is 4.47 Å². The standard InChI is InChI=1S/C12H15BrFN/c1-8-4-5-9(10(13)11(8)14)12(15)6-2-3-7-12/h4-5H,2-3,6-7,15H2,1H3. The van der Waals surface area contributed by atoms with Crippen molar-refractivity contribution in [3.05, 3.63) is 33.5 Å². The molecule has 0 aromatic heterocycles. The normalized spacial score (nSPS) is 19.5. The van der Waals surface area contributed by atoms with Gasteiger partial charge in [-0.1, -0.05) is 25.0 Å². The maximum absolute atomic E-state index is 13.7. The summed E-state index contributed by atoms with van der Waals surface area (Å²) >= 11 is 3.32. The van der Waals surface area contributed by atoms with E-state index in [-0.39, 0.29) is 11.4 Å². The smallest absolute Gasteiger partial charge is 0.140 e. The van der Waals surface area contributed by atoms with E-state index in [4.69, 9.17) is 5.73 Å². The van der Waals surface area contributed by atoms with Crippen molar-refractivity contribution in [2.24, 2.45) is 5.73 Å². The monoisotopic (exact) mass is 271 g/mol. The largest absolute Gasteiger partial charge is 0.321 e. The van der Waals surface area contributed by atoms with Crippen LogP contribution in [-0.4, -0.2) is 0 Å². The first-order chi connectivity index (χ1) is 7.04. The SMILES string of the molecule is Cc1ccc(C2(N)CCCC2)c(Br)c1F. The Bertz CT molecular complexity index is 383. The maximum Gasteiger partial charge on any atom is 0.140 e. The summed E-state index contributed by atoms with van der Waals surface area (Å²) in [5.74, 6) is -0.177. The Morgan fingerprint density at radius 1 is 1.33 bits per heavy atom. The van der Waals surface area contributed by atoms with Crippen molar-refractivity contribution in [1.29, 1.82) is 0 Å². The molecule has 0 spiro atoms. The Morgan fingerprint density at radius 3 is 2.53 bits per heavy atom. The highest BCUT2D eigenvalue weighted by Gasteiger charge is 2.33. The molecule has 1 saturated carbocycles. The third-order valence-electron chi connectivity index (χ3n) is 3.31. The van der Waals surface area contributed by atoms with Gasteiger partial charge in [0.25, 0.3) is 0 Å². The number of benzene rings is 1. The summed E-state index contributed by atoms with van der Waals surface area (Å²) in [5, 5.41) is 0. The van der Waals surface area contributed by atoms with Crippen molar-refractivity contribution in [1.82, 2.24) is 0 Å². The van der Waals surface area contributed by atoms with Crippen LogP contribution in [-0.2, 0) is 5.54 Å². The van der Waals surface area contributed by atoms with Crippen molar-refractivity contribution in [3.8, 4) is 0 Å². The number of hydrogen-bond acceptors (Lipinski definition) is 1. The fourth-order valence-electron chi connectivity index (χ4n) is 2.31. The second kappa shape index (κ2) is 3.87. The number of nitrogens with two attached hydrogens (primary N) is 1. The van der Waals surface area contributed by atoms with Gasteiger partial charge < -0.3 is 5.73 Å². The molecule has 1 nitrogen and oxygen atoms in total. The minimum atomic E-state index is -0.326. The van der Waals surface area contributed by atoms with Gasteiger partial charge in [0, 0.05) is 5.54 Å². The molecule has 1 fully saturated rings. The van der Waals surface area contributed by atoms with Gasteiger partial charge in [0.1, 0.15) is 5.82 Å². The molecule has 0 saturated heterocycles. The van der Waals surface area contributed by atoms with Gasteiger partial charge in [0.2, 0.25) is 0 Å². The molecule has 1 aromatic rings. The molecule has 1 aliphatic rings. The summed E-state index contributed by atoms with van der Waals surface area (Å²) in [6, 6.07) is 3.76. The predicted octanol–water partition coefficient (Wildman–Crippen LogP) is 3.62. The van der Waals surface area contributed by atoms with Crippen LogP contribution in [0.3, 0.4) is 0 Å². The zero-order valence-corrected chi connectivity index (χ0v) is 10.4. The lowest BCUT2D eigenvalue weighted by Crippen LogP contribution is -2.33. The minimum Gasteiger partial charge on any atom is -0.321 e. The molecule has 2 rings (SSSR count). The molecule has 0 amide bonds. The Balaban J connectivity index is 2.49. The molecule has 1 aliphatic carbocycles. The predicted molar refractivity (Wildman–Crippen MR) is 63.2 cm³/mol. The first-order valence-electron chi connectivity index (χ1n) is 5.28. The van der Waals surface area contributed by atoms with Crippen LogP contribution in [0, 0.1) is 12.7 Å². The van der Waals surface area contributed by atoms with E-state index in [0.29, 0.717) is 10.0 Å². The highest BCUT2D eigenvalue weighted by atomic mass is 79.9. The van der Waals surface area contributed by atoms with E-state index in [9.17, 15) is 4.39 Å². The lowest BCUT2D eigenvalue weighted by atomic mass is 9.89. The summed E-state index contributed by atoms with van der Waals surface area (Å²) in [4.78, 5) is 0. The van der Waals surface area contributed by atoms with E-state index < -0.39 is 0 Å². The van der Waals surface area contributed by atoms with Gasteiger partial charge in [-0.25, -0.2) is 4.39 Å². The molecule has 0 heterocycles. The Kier molecular flexibility index (Phi) is 2.86. The van der Waals surface area contributed by atoms with E-state index in [2.05, 4.69) is 15.9 Å². The molecule has 0 aliphatic heterocycles. The topological polar surface area (TPSA) is 26.0 Å². The molecule has 0 bridgehead atoms. The average molecular weight is 272 g/mol. The van der Waals surface area contributed by atoms with Gasteiger partial charge in [0.15, 0.2) is 0 Å². The highest BCUT2D eigenvalue weighted by Crippen LogP contribution is 2.40. The number of hydrogen-bond donors (Lipinski definition) is 1. The molecule has 0 unspecified atom stereocenters. The Hall–Kier alpha value is -0.410. The number of aryl methyl sites for hydroxylation is 1. The lowest BCUT2D eigenvalue weighted by Gasteiger charge is -2.26. The summed E-state index contributed by atoms with van der Waals surface area (Å²) < 4.78 is 14.3. The summed E-state index contributed by atoms with van der Waals surface area (Å²) in [6.45, 7) is 1.77. The molecular weight excluding hydrogens is 257 g/mol. The highest BCUT2D eigenvalue weighted by molar-refractivity contribution is 9.10. The molecule has 3 heteroatoms. The van der Waals surface area contributed by atoms with E-state index >= 15 is 0 Å². The van der Waals surface area contributed by atoms with Gasteiger partial charge in [-0.15, -0.1) is 0 Å². The van der Waals surface area contributed by atoms with Crippen LogP contribution in [0.1, 0.15) is 36.8 Å². The van der Waals surface area contributed by atoms with Gasteiger partial charge >= 0.3 is 0 Å². The van der Waals surface area contributed by atoms with Crippen LogP contribution in [0.15, 0.2) is 16.6 Å². The zero-order chi connectivity index (χ0) is 11.1. The van der Waals surface area contributed by atoms with E-state index in [1.807, 2.05) is 12.1 Å². The van der Waals surface area contributed by atoms with Crippen LogP contribution >= 0.6 is 15.9 Å². The Morgan fingerprint density at radius 2 is 1.93 bits per heavy atom. The fraction of sp³-hybridized carbons (Fsp3) is 0.500. The quantitative estimate of drug-likeness (QED) is 0.830. The molecule has 2 N–H and O–H groups in total. The van der Waals surface area contributed by atoms with Crippen molar-refractivity contribution in [3.63, 3.8) is 0 Å². The Labute approximate surface area is 98.0 Å². The summed E-state index contributed by atoms with van der Waals surface area (Å²) in [7, 11) is 0. The van der Waals surface area contributed by atoms with Crippen LogP contribution in [0.25, 0.3) is 0 Å². The molecule has 0 atom stereocenters. The van der Waals surface area contributed by atoms with E-state index in [0.717, 1.165) is 31.2 Å². The first kappa shape index (κ1) is 11.1. The number of rotatable bonds is 1. The van der Waals surface area contributed by atoms with Crippen molar-refractivity contribution < 1.29 is 4.39 Å². The maximum atomic E-state index is 13.7. The van der Waals surface area contributed by atoms with Gasteiger partial charge in [-0.3, -0.25) is 0 Å². The minimum absolute atomic E-state index is 0.177.